The van der Waals surface area contributed by atoms with Gasteiger partial charge in [-0.05, 0) is 31.2 Å². The molecule has 1 aromatic rings. The monoisotopic (exact) mass is 316 g/mol. The summed E-state index contributed by atoms with van der Waals surface area (Å²) in [5.41, 5.74) is 1.18. The second kappa shape index (κ2) is 9.08. The molecule has 0 amide bonds. The van der Waals surface area contributed by atoms with Crippen LogP contribution in [0, 0.1) is 23.7 Å². The quantitative estimate of drug-likeness (QED) is 0.818. The fourth-order valence-corrected chi connectivity index (χ4v) is 3.07. The highest BCUT2D eigenvalue weighted by Crippen LogP contribution is 2.30. The van der Waals surface area contributed by atoms with Crippen molar-refractivity contribution in [3.05, 3.63) is 35.9 Å². The van der Waals surface area contributed by atoms with Crippen molar-refractivity contribution in [3.8, 4) is 11.8 Å². The van der Waals surface area contributed by atoms with Gasteiger partial charge in [0, 0.05) is 5.92 Å². The lowest BCUT2D eigenvalue weighted by atomic mass is 9.87. The Morgan fingerprint density at radius 2 is 2.04 bits per heavy atom. The van der Waals surface area contributed by atoms with E-state index in [1.165, 1.54) is 5.56 Å². The smallest absolute Gasteiger partial charge is 0.141 e. The Morgan fingerprint density at radius 3 is 2.74 bits per heavy atom. The SMILES string of the molecule is CC#CC(O)[C@H]1O[C@H]([C@H](C)COCc2ccccc2)CC[C@@H]1C. The first kappa shape index (κ1) is 18.0. The molecule has 0 aromatic heterocycles. The Morgan fingerprint density at radius 1 is 1.30 bits per heavy atom. The molecule has 1 aromatic carbocycles. The number of aliphatic hydroxyl groups is 1. The molecule has 1 unspecified atom stereocenters. The molecule has 1 aliphatic heterocycles. The highest BCUT2D eigenvalue weighted by molar-refractivity contribution is 5.13. The highest BCUT2D eigenvalue weighted by Gasteiger charge is 2.34. The summed E-state index contributed by atoms with van der Waals surface area (Å²) in [6, 6.07) is 10.2. The van der Waals surface area contributed by atoms with Gasteiger partial charge in [-0.15, -0.1) is 5.92 Å². The molecule has 1 N–H and O–H groups in total. The van der Waals surface area contributed by atoms with Crippen LogP contribution < -0.4 is 0 Å². The third kappa shape index (κ3) is 5.35. The van der Waals surface area contributed by atoms with Gasteiger partial charge in [-0.2, -0.15) is 0 Å². The Bertz CT molecular complexity index is 517. The summed E-state index contributed by atoms with van der Waals surface area (Å²) in [7, 11) is 0. The van der Waals surface area contributed by atoms with Gasteiger partial charge in [-0.25, -0.2) is 0 Å². The molecule has 1 heterocycles. The van der Waals surface area contributed by atoms with Gasteiger partial charge in [0.2, 0.25) is 0 Å². The van der Waals surface area contributed by atoms with Gasteiger partial charge in [0.25, 0.3) is 0 Å². The summed E-state index contributed by atoms with van der Waals surface area (Å²) in [6.07, 6.45) is 1.30. The molecule has 0 spiro atoms. The zero-order valence-corrected chi connectivity index (χ0v) is 14.4. The maximum atomic E-state index is 10.1. The van der Waals surface area contributed by atoms with Crippen molar-refractivity contribution in [2.45, 2.75) is 58.5 Å². The van der Waals surface area contributed by atoms with Crippen molar-refractivity contribution < 1.29 is 14.6 Å². The molecule has 0 aliphatic carbocycles. The number of rotatable bonds is 6. The zero-order valence-electron chi connectivity index (χ0n) is 14.4. The lowest BCUT2D eigenvalue weighted by Gasteiger charge is -2.38. The van der Waals surface area contributed by atoms with Crippen LogP contribution in [0.5, 0.6) is 0 Å². The number of ether oxygens (including phenoxy) is 2. The molecule has 1 aliphatic rings. The Hall–Kier alpha value is -1.34. The van der Waals surface area contributed by atoms with Gasteiger partial charge in [0.1, 0.15) is 6.10 Å². The van der Waals surface area contributed by atoms with Crippen LogP contribution in [-0.4, -0.2) is 30.0 Å². The molecule has 1 saturated heterocycles. The molecular weight excluding hydrogens is 288 g/mol. The standard InChI is InChI=1S/C20H28O3/c1-4-8-18(21)20-15(2)11-12-19(23-20)16(3)13-22-14-17-9-6-5-7-10-17/h5-7,9-10,15-16,18-21H,11-14H2,1-3H3/t15-,16+,18?,19-,20-/m0/s1. The molecule has 23 heavy (non-hydrogen) atoms. The van der Waals surface area contributed by atoms with Gasteiger partial charge in [-0.1, -0.05) is 50.1 Å². The van der Waals surface area contributed by atoms with Crippen LogP contribution in [0.2, 0.25) is 0 Å². The van der Waals surface area contributed by atoms with Crippen LogP contribution in [0.4, 0.5) is 0 Å². The Balaban J connectivity index is 1.81. The summed E-state index contributed by atoms with van der Waals surface area (Å²) in [6.45, 7) is 7.31. The van der Waals surface area contributed by atoms with Crippen LogP contribution in [0.15, 0.2) is 30.3 Å². The molecule has 1 fully saturated rings. The average molecular weight is 316 g/mol. The van der Waals surface area contributed by atoms with Gasteiger partial charge < -0.3 is 14.6 Å². The normalized spacial score (nSPS) is 26.9. The molecule has 0 bridgehead atoms. The molecule has 0 saturated carbocycles. The first-order chi connectivity index (χ1) is 11.1. The van der Waals surface area contributed by atoms with Crippen molar-refractivity contribution >= 4 is 0 Å². The molecule has 3 heteroatoms. The maximum Gasteiger partial charge on any atom is 0.141 e. The van der Waals surface area contributed by atoms with E-state index in [0.717, 1.165) is 12.8 Å². The lowest BCUT2D eigenvalue weighted by molar-refractivity contribution is -0.140. The molecule has 126 valence electrons. The minimum absolute atomic E-state index is 0.125. The van der Waals surface area contributed by atoms with Crippen LogP contribution in [0.25, 0.3) is 0 Å². The molecule has 0 radical (unpaired) electrons. The summed E-state index contributed by atoms with van der Waals surface area (Å²) in [5.74, 6) is 6.23. The van der Waals surface area contributed by atoms with Crippen LogP contribution in [0.3, 0.4) is 0 Å². The fourth-order valence-electron chi connectivity index (χ4n) is 3.07. The van der Waals surface area contributed by atoms with E-state index < -0.39 is 6.10 Å². The summed E-state index contributed by atoms with van der Waals surface area (Å²) in [5, 5.41) is 10.1. The summed E-state index contributed by atoms with van der Waals surface area (Å²) >= 11 is 0. The average Bonchev–Trinajstić information content (AvgIpc) is 2.56. The second-order valence-electron chi connectivity index (χ2n) is 6.51. The maximum absolute atomic E-state index is 10.1. The lowest BCUT2D eigenvalue weighted by Crippen LogP contribution is -2.44. The molecular formula is C20H28O3. The Labute approximate surface area is 140 Å². The number of hydrogen-bond donors (Lipinski definition) is 1. The van der Waals surface area contributed by atoms with Crippen molar-refractivity contribution in [2.24, 2.45) is 11.8 Å². The summed E-state index contributed by atoms with van der Waals surface area (Å²) in [4.78, 5) is 0. The second-order valence-corrected chi connectivity index (χ2v) is 6.51. The predicted molar refractivity (Wildman–Crippen MR) is 91.8 cm³/mol. The van der Waals surface area contributed by atoms with E-state index in [4.69, 9.17) is 9.47 Å². The van der Waals surface area contributed by atoms with Crippen LogP contribution in [0.1, 0.15) is 39.2 Å². The van der Waals surface area contributed by atoms with E-state index in [1.54, 1.807) is 6.92 Å². The van der Waals surface area contributed by atoms with Crippen LogP contribution >= 0.6 is 0 Å². The van der Waals surface area contributed by atoms with E-state index >= 15 is 0 Å². The van der Waals surface area contributed by atoms with E-state index in [0.29, 0.717) is 25.0 Å². The minimum Gasteiger partial charge on any atom is -0.378 e. The van der Waals surface area contributed by atoms with Crippen LogP contribution in [-0.2, 0) is 16.1 Å². The fraction of sp³-hybridized carbons (Fsp3) is 0.600. The third-order valence-corrected chi connectivity index (χ3v) is 4.53. The number of aliphatic hydroxyl groups excluding tert-OH is 1. The van der Waals surface area contributed by atoms with Crippen molar-refractivity contribution in [2.75, 3.05) is 6.61 Å². The molecule has 2 rings (SSSR count). The third-order valence-electron chi connectivity index (χ3n) is 4.53. The highest BCUT2D eigenvalue weighted by atomic mass is 16.5. The number of benzene rings is 1. The van der Waals surface area contributed by atoms with Gasteiger partial charge in [0.05, 0.1) is 25.4 Å². The minimum atomic E-state index is -0.699. The van der Waals surface area contributed by atoms with Gasteiger partial charge >= 0.3 is 0 Å². The van der Waals surface area contributed by atoms with Crippen molar-refractivity contribution in [1.82, 2.24) is 0 Å². The van der Waals surface area contributed by atoms with Gasteiger partial charge in [-0.3, -0.25) is 0 Å². The first-order valence-electron chi connectivity index (χ1n) is 8.49. The summed E-state index contributed by atoms with van der Waals surface area (Å²) < 4.78 is 12.0. The largest absolute Gasteiger partial charge is 0.378 e. The van der Waals surface area contributed by atoms with Gasteiger partial charge in [0.15, 0.2) is 0 Å². The Kier molecular flexibility index (Phi) is 7.11. The first-order valence-corrected chi connectivity index (χ1v) is 8.49. The molecule has 3 nitrogen and oxygen atoms in total. The topological polar surface area (TPSA) is 38.7 Å². The van der Waals surface area contributed by atoms with E-state index in [9.17, 15) is 5.11 Å². The zero-order chi connectivity index (χ0) is 16.7. The van der Waals surface area contributed by atoms with Crippen molar-refractivity contribution in [3.63, 3.8) is 0 Å². The molecule has 5 atom stereocenters. The number of hydrogen-bond acceptors (Lipinski definition) is 3. The van der Waals surface area contributed by atoms with Crippen molar-refractivity contribution in [1.29, 1.82) is 0 Å². The van der Waals surface area contributed by atoms with E-state index in [2.05, 4.69) is 37.8 Å². The predicted octanol–water partition coefficient (Wildman–Crippen LogP) is 3.41. The van der Waals surface area contributed by atoms with E-state index in [-0.39, 0.29) is 12.2 Å². The van der Waals surface area contributed by atoms with E-state index in [1.807, 2.05) is 18.2 Å².